The van der Waals surface area contributed by atoms with Crippen molar-refractivity contribution < 1.29 is 34.0 Å². The number of nitrogens with zero attached hydrogens (tertiary/aromatic N) is 1. The van der Waals surface area contributed by atoms with Crippen LogP contribution in [-0.2, 0) is 14.3 Å². The fourth-order valence-electron chi connectivity index (χ4n) is 2.20. The first-order valence-electron chi connectivity index (χ1n) is 5.82. The van der Waals surface area contributed by atoms with E-state index in [1.54, 1.807) is 0 Å². The molecule has 2 aliphatic heterocycles. The summed E-state index contributed by atoms with van der Waals surface area (Å²) in [5.74, 6) is -4.11. The van der Waals surface area contributed by atoms with Crippen LogP contribution in [0.1, 0.15) is 6.42 Å². The monoisotopic (exact) mass is 287 g/mol. The van der Waals surface area contributed by atoms with E-state index in [0.29, 0.717) is 0 Å². The fourth-order valence-corrected chi connectivity index (χ4v) is 2.20. The normalized spacial score (nSPS) is 41.3. The van der Waals surface area contributed by atoms with E-state index in [1.807, 2.05) is 0 Å². The smallest absolute Gasteiger partial charge is 0.263 e. The predicted octanol–water partition coefficient (Wildman–Crippen LogP) is -1.41. The summed E-state index contributed by atoms with van der Waals surface area (Å²) in [6.07, 6.45) is -1.30. The number of carbonyl (C=O) groups excluding carboxylic acids is 2. The molecule has 0 bridgehead atoms. The molecule has 0 aliphatic carbocycles. The van der Waals surface area contributed by atoms with Crippen molar-refractivity contribution in [2.45, 2.75) is 30.2 Å². The number of hydrogen-bond acceptors (Lipinski definition) is 6. The maximum atomic E-state index is 14.2. The lowest BCUT2D eigenvalue weighted by molar-refractivity contribution is -0.212. The molecule has 110 valence electrons. The van der Waals surface area contributed by atoms with Gasteiger partial charge in [0.2, 0.25) is 5.91 Å². The predicted molar refractivity (Wildman–Crippen MR) is 62.6 cm³/mol. The van der Waals surface area contributed by atoms with E-state index in [0.717, 1.165) is 23.3 Å². The Hall–Kier alpha value is -1.61. The zero-order valence-corrected chi connectivity index (χ0v) is 10.4. The number of ether oxygens (including phenoxy) is 1. The molecule has 1 fully saturated rings. The zero-order valence-electron chi connectivity index (χ0n) is 10.4. The number of hydrogen-bond donors (Lipinski definition) is 3. The van der Waals surface area contributed by atoms with Crippen LogP contribution in [0.3, 0.4) is 0 Å². The lowest BCUT2D eigenvalue weighted by atomic mass is 9.92. The van der Waals surface area contributed by atoms with Crippen LogP contribution in [0.5, 0.6) is 0 Å². The minimum absolute atomic E-state index is 0.444. The Kier molecular flexibility index (Phi) is 3.51. The Morgan fingerprint density at radius 3 is 2.75 bits per heavy atom. The Morgan fingerprint density at radius 1 is 1.60 bits per heavy atom. The van der Waals surface area contributed by atoms with Gasteiger partial charge in [-0.15, -0.1) is 0 Å². The second-order valence-electron chi connectivity index (χ2n) is 4.67. The molecule has 2 aliphatic rings. The summed E-state index contributed by atoms with van der Waals surface area (Å²) in [5.41, 5.74) is -2.32. The number of aliphatic hydroxyl groups excluding tert-OH is 2. The molecule has 2 heterocycles. The second-order valence-corrected chi connectivity index (χ2v) is 4.67. The molecular weight excluding hydrogens is 273 g/mol. The van der Waals surface area contributed by atoms with Crippen molar-refractivity contribution in [3.05, 3.63) is 24.9 Å². The summed E-state index contributed by atoms with van der Waals surface area (Å²) in [5, 5.41) is 29.0. The summed E-state index contributed by atoms with van der Waals surface area (Å²) in [7, 11) is 0. The average Bonchev–Trinajstić information content (AvgIpc) is 2.62. The van der Waals surface area contributed by atoms with Crippen LogP contribution >= 0.6 is 0 Å². The van der Waals surface area contributed by atoms with Crippen LogP contribution in [0.25, 0.3) is 0 Å². The first-order chi connectivity index (χ1) is 9.28. The molecule has 7 nitrogen and oxygen atoms in total. The van der Waals surface area contributed by atoms with Crippen LogP contribution < -0.4 is 0 Å². The topological polar surface area (TPSA) is 107 Å². The van der Waals surface area contributed by atoms with Crippen molar-refractivity contribution in [3.8, 4) is 0 Å². The highest BCUT2D eigenvalue weighted by Crippen LogP contribution is 2.42. The number of aliphatic hydroxyl groups is 3. The molecule has 1 amide bonds. The van der Waals surface area contributed by atoms with Gasteiger partial charge in [-0.2, -0.15) is 0 Å². The first-order valence-corrected chi connectivity index (χ1v) is 5.82. The minimum atomic E-state index is -2.94. The number of carbonyl (C=O) groups is 2. The molecule has 0 aromatic rings. The van der Waals surface area contributed by atoms with Crippen LogP contribution in [0.4, 0.5) is 4.39 Å². The van der Waals surface area contributed by atoms with Gasteiger partial charge in [-0.05, 0) is 6.08 Å². The molecule has 2 rings (SSSR count). The van der Waals surface area contributed by atoms with E-state index in [4.69, 9.17) is 9.84 Å². The number of allylic oxidation sites excluding steroid dienone is 1. The molecule has 0 unspecified atom stereocenters. The summed E-state index contributed by atoms with van der Waals surface area (Å²) < 4.78 is 19.0. The summed E-state index contributed by atoms with van der Waals surface area (Å²) >= 11 is 0. The van der Waals surface area contributed by atoms with Crippen LogP contribution in [0, 0.1) is 0 Å². The Labute approximate surface area is 113 Å². The van der Waals surface area contributed by atoms with Gasteiger partial charge in [0.15, 0.2) is 23.7 Å². The zero-order chi connectivity index (χ0) is 15.1. The van der Waals surface area contributed by atoms with E-state index in [-0.39, 0.29) is 0 Å². The molecule has 8 heteroatoms. The molecule has 1 saturated heterocycles. The maximum absolute atomic E-state index is 14.2. The van der Waals surface area contributed by atoms with Gasteiger partial charge in [0, 0.05) is 6.20 Å². The third kappa shape index (κ3) is 1.97. The van der Waals surface area contributed by atoms with E-state index >= 15 is 0 Å². The Balaban J connectivity index is 2.40. The summed E-state index contributed by atoms with van der Waals surface area (Å²) in [6, 6.07) is 0. The van der Waals surface area contributed by atoms with Gasteiger partial charge < -0.3 is 20.1 Å². The quantitative estimate of drug-likeness (QED) is 0.435. The van der Waals surface area contributed by atoms with E-state index in [2.05, 4.69) is 6.58 Å². The third-order valence-corrected chi connectivity index (χ3v) is 3.38. The number of ketones is 1. The molecule has 0 aromatic carbocycles. The van der Waals surface area contributed by atoms with Gasteiger partial charge in [-0.3, -0.25) is 14.5 Å². The van der Waals surface area contributed by atoms with Gasteiger partial charge >= 0.3 is 0 Å². The van der Waals surface area contributed by atoms with Gasteiger partial charge in [-0.25, -0.2) is 4.39 Å². The summed E-state index contributed by atoms with van der Waals surface area (Å²) in [4.78, 5) is 23.6. The fraction of sp³-hybridized carbons (Fsp3) is 0.500. The Bertz CT molecular complexity index is 494. The number of alkyl halides is 1. The lowest BCUT2D eigenvalue weighted by Crippen LogP contribution is -2.55. The average molecular weight is 287 g/mol. The Morgan fingerprint density at radius 2 is 2.25 bits per heavy atom. The number of halogens is 1. The van der Waals surface area contributed by atoms with Crippen molar-refractivity contribution in [2.75, 3.05) is 6.61 Å². The van der Waals surface area contributed by atoms with Crippen molar-refractivity contribution in [2.24, 2.45) is 0 Å². The van der Waals surface area contributed by atoms with E-state index in [9.17, 15) is 24.2 Å². The molecule has 4 atom stereocenters. The molecule has 3 N–H and O–H groups in total. The van der Waals surface area contributed by atoms with Gasteiger partial charge in [0.25, 0.3) is 5.85 Å². The van der Waals surface area contributed by atoms with Crippen molar-refractivity contribution >= 4 is 11.7 Å². The molecular formula is C12H14FNO6. The lowest BCUT2D eigenvalue weighted by Gasteiger charge is -2.34. The highest BCUT2D eigenvalue weighted by molar-refractivity contribution is 6.06. The molecule has 20 heavy (non-hydrogen) atoms. The highest BCUT2D eigenvalue weighted by atomic mass is 19.2. The molecule has 0 saturated carbocycles. The number of rotatable bonds is 3. The van der Waals surface area contributed by atoms with Crippen LogP contribution in [-0.4, -0.2) is 62.3 Å². The SMILES string of the molecule is C=C[C@]1(O)[C@H](N2C=CC(=O)CC2=O)O[C@](F)(CO)[C@H]1O. The van der Waals surface area contributed by atoms with Crippen molar-refractivity contribution in [1.82, 2.24) is 4.90 Å². The van der Waals surface area contributed by atoms with Crippen molar-refractivity contribution in [3.63, 3.8) is 0 Å². The number of amides is 1. The molecule has 0 aromatic heterocycles. The van der Waals surface area contributed by atoms with E-state index < -0.39 is 48.5 Å². The van der Waals surface area contributed by atoms with E-state index in [1.165, 1.54) is 0 Å². The van der Waals surface area contributed by atoms with Crippen LogP contribution in [0.2, 0.25) is 0 Å². The molecule has 0 spiro atoms. The summed E-state index contributed by atoms with van der Waals surface area (Å²) in [6.45, 7) is 2.07. The highest BCUT2D eigenvalue weighted by Gasteiger charge is 2.65. The maximum Gasteiger partial charge on any atom is 0.263 e. The molecule has 0 radical (unpaired) electrons. The van der Waals surface area contributed by atoms with Gasteiger partial charge in [0.05, 0.1) is 6.42 Å². The standard InChI is InChI=1S/C12H14FNO6/c1-2-11(19)9(18)12(13,6-15)20-10(11)14-4-3-7(16)5-8(14)17/h2-4,9-10,15,18-19H,1,5-6H2/t9-,10+,11+,12+/m0/s1. The van der Waals surface area contributed by atoms with Gasteiger partial charge in [-0.1, -0.05) is 12.7 Å². The largest absolute Gasteiger partial charge is 0.390 e. The minimum Gasteiger partial charge on any atom is -0.390 e. The second kappa shape index (κ2) is 4.74. The first kappa shape index (κ1) is 14.8. The van der Waals surface area contributed by atoms with Gasteiger partial charge in [0.1, 0.15) is 6.61 Å². The van der Waals surface area contributed by atoms with Crippen molar-refractivity contribution in [1.29, 1.82) is 0 Å². The third-order valence-electron chi connectivity index (χ3n) is 3.38. The van der Waals surface area contributed by atoms with Crippen LogP contribution in [0.15, 0.2) is 24.9 Å².